The molecule has 1 aromatic heterocycles. The van der Waals surface area contributed by atoms with E-state index in [9.17, 15) is 4.21 Å². The Morgan fingerprint density at radius 1 is 0.955 bits per heavy atom. The highest BCUT2D eigenvalue weighted by molar-refractivity contribution is 7.83. The molecule has 110 valence electrons. The Morgan fingerprint density at radius 3 is 2.41 bits per heavy atom. The molecule has 3 aromatic rings. The lowest BCUT2D eigenvalue weighted by Crippen LogP contribution is -1.98. The Balaban J connectivity index is 1.83. The second-order valence-corrected chi connectivity index (χ2v) is 6.12. The van der Waals surface area contributed by atoms with Crippen molar-refractivity contribution in [1.82, 2.24) is 4.57 Å². The predicted octanol–water partition coefficient (Wildman–Crippen LogP) is 3.93. The summed E-state index contributed by atoms with van der Waals surface area (Å²) in [5, 5.41) is 0. The first-order valence-corrected chi connectivity index (χ1v) is 8.10. The largest absolute Gasteiger partial charge is 0.316 e. The number of hydrogen-bond acceptors (Lipinski definition) is 1. The zero-order valence-corrected chi connectivity index (χ0v) is 13.0. The maximum Gasteiger partial charge on any atom is 0.172 e. The van der Waals surface area contributed by atoms with E-state index in [4.69, 9.17) is 0 Å². The smallest absolute Gasteiger partial charge is 0.172 e. The van der Waals surface area contributed by atoms with Crippen LogP contribution >= 0.6 is 0 Å². The van der Waals surface area contributed by atoms with Crippen molar-refractivity contribution in [2.75, 3.05) is 0 Å². The molecule has 0 amide bonds. The average molecular weight is 308 g/mol. The number of benzene rings is 2. The number of aromatic nitrogens is 1. The summed E-state index contributed by atoms with van der Waals surface area (Å²) >= 11 is 0. The topological polar surface area (TPSA) is 34.4 Å². The summed E-state index contributed by atoms with van der Waals surface area (Å²) in [6, 6.07) is 21.5. The second kappa shape index (κ2) is 6.54. The van der Waals surface area contributed by atoms with Crippen molar-refractivity contribution in [2.45, 2.75) is 11.8 Å². The van der Waals surface area contributed by atoms with Gasteiger partial charge in [-0.3, -0.25) is 0 Å². The molecule has 0 spiro atoms. The minimum absolute atomic E-state index is 0.708. The minimum atomic E-state index is -1.38. The van der Waals surface area contributed by atoms with Gasteiger partial charge >= 0.3 is 0 Å². The molecule has 22 heavy (non-hydrogen) atoms. The lowest BCUT2D eigenvalue weighted by atomic mass is 10.2. The monoisotopic (exact) mass is 308 g/mol. The van der Waals surface area contributed by atoms with Gasteiger partial charge in [0.05, 0.1) is 16.8 Å². The summed E-state index contributed by atoms with van der Waals surface area (Å²) in [5.41, 5.74) is 3.09. The number of nitrogens with zero attached hydrogens (tertiary/aromatic N) is 2. The maximum absolute atomic E-state index is 12.2. The van der Waals surface area contributed by atoms with Crippen LogP contribution in [-0.4, -0.2) is 15.0 Å². The van der Waals surface area contributed by atoms with Crippen LogP contribution in [0.5, 0.6) is 0 Å². The first-order valence-electron chi connectivity index (χ1n) is 6.99. The van der Waals surface area contributed by atoms with E-state index in [1.807, 2.05) is 84.4 Å². The Labute approximate surface area is 132 Å². The van der Waals surface area contributed by atoms with E-state index in [2.05, 4.69) is 4.40 Å². The number of aryl methyl sites for hydroxylation is 1. The van der Waals surface area contributed by atoms with Gasteiger partial charge in [0.2, 0.25) is 0 Å². The second-order valence-electron chi connectivity index (χ2n) is 4.94. The SMILES string of the molecule is Cc1ccc([S@@](=O)/N=C/c2cccn2-c2ccccc2)cc1. The van der Waals surface area contributed by atoms with Crippen molar-refractivity contribution >= 4 is 17.2 Å². The zero-order valence-electron chi connectivity index (χ0n) is 12.2. The third-order valence-electron chi connectivity index (χ3n) is 3.32. The van der Waals surface area contributed by atoms with Crippen molar-refractivity contribution in [3.8, 4) is 5.69 Å². The highest BCUT2D eigenvalue weighted by Gasteiger charge is 2.03. The lowest BCUT2D eigenvalue weighted by Gasteiger charge is -2.05. The first-order chi connectivity index (χ1) is 10.7. The van der Waals surface area contributed by atoms with Gasteiger partial charge in [0.1, 0.15) is 0 Å². The summed E-state index contributed by atoms with van der Waals surface area (Å²) in [4.78, 5) is 0.708. The highest BCUT2D eigenvalue weighted by atomic mass is 32.2. The number of rotatable bonds is 4. The molecule has 2 aromatic carbocycles. The molecular formula is C18H16N2OS. The van der Waals surface area contributed by atoms with Crippen LogP contribution in [0.1, 0.15) is 11.3 Å². The van der Waals surface area contributed by atoms with Gasteiger partial charge < -0.3 is 4.57 Å². The molecule has 0 aliphatic heterocycles. The van der Waals surface area contributed by atoms with Gasteiger partial charge in [-0.25, -0.2) is 4.21 Å². The Hall–Kier alpha value is -2.46. The molecule has 0 fully saturated rings. The van der Waals surface area contributed by atoms with Gasteiger partial charge in [-0.15, -0.1) is 0 Å². The number of para-hydroxylation sites is 1. The van der Waals surface area contributed by atoms with E-state index in [0.29, 0.717) is 4.90 Å². The van der Waals surface area contributed by atoms with Crippen LogP contribution < -0.4 is 0 Å². The normalized spacial score (nSPS) is 12.6. The van der Waals surface area contributed by atoms with Gasteiger partial charge in [0, 0.05) is 11.9 Å². The fraction of sp³-hybridized carbons (Fsp3) is 0.0556. The molecule has 3 nitrogen and oxygen atoms in total. The fourth-order valence-corrected chi connectivity index (χ4v) is 2.83. The first kappa shape index (κ1) is 14.5. The number of hydrogen-bond donors (Lipinski definition) is 0. The van der Waals surface area contributed by atoms with Crippen LogP contribution in [0.4, 0.5) is 0 Å². The van der Waals surface area contributed by atoms with Gasteiger partial charge in [0.25, 0.3) is 0 Å². The fourth-order valence-electron chi connectivity index (χ4n) is 2.14. The van der Waals surface area contributed by atoms with Crippen molar-refractivity contribution < 1.29 is 4.21 Å². The quantitative estimate of drug-likeness (QED) is 0.673. The summed E-state index contributed by atoms with van der Waals surface area (Å²) < 4.78 is 18.4. The predicted molar refractivity (Wildman–Crippen MR) is 91.0 cm³/mol. The van der Waals surface area contributed by atoms with Crippen LogP contribution in [0.3, 0.4) is 0 Å². The lowest BCUT2D eigenvalue weighted by molar-refractivity contribution is 0.684. The van der Waals surface area contributed by atoms with Crippen LogP contribution in [0.25, 0.3) is 5.69 Å². The zero-order chi connectivity index (χ0) is 15.4. The van der Waals surface area contributed by atoms with E-state index in [1.54, 1.807) is 6.21 Å². The molecule has 0 saturated carbocycles. The third-order valence-corrected chi connectivity index (χ3v) is 4.29. The summed E-state index contributed by atoms with van der Waals surface area (Å²) in [5.74, 6) is 0. The van der Waals surface area contributed by atoms with Crippen molar-refractivity contribution in [3.63, 3.8) is 0 Å². The summed E-state index contributed by atoms with van der Waals surface area (Å²) in [7, 11) is -1.38. The molecule has 3 rings (SSSR count). The maximum atomic E-state index is 12.2. The molecule has 0 aliphatic rings. The van der Waals surface area contributed by atoms with Crippen molar-refractivity contribution in [3.05, 3.63) is 84.2 Å². The van der Waals surface area contributed by atoms with Crippen molar-refractivity contribution in [2.24, 2.45) is 4.40 Å². The molecule has 0 radical (unpaired) electrons. The summed E-state index contributed by atoms with van der Waals surface area (Å²) in [6.45, 7) is 2.00. The van der Waals surface area contributed by atoms with E-state index in [-0.39, 0.29) is 0 Å². The Morgan fingerprint density at radius 2 is 1.68 bits per heavy atom. The third kappa shape index (κ3) is 3.23. The molecule has 0 N–H and O–H groups in total. The average Bonchev–Trinajstić information content (AvgIpc) is 3.02. The van der Waals surface area contributed by atoms with E-state index >= 15 is 0 Å². The minimum Gasteiger partial charge on any atom is -0.316 e. The molecular weight excluding hydrogens is 292 g/mol. The Kier molecular flexibility index (Phi) is 4.30. The molecule has 0 unspecified atom stereocenters. The van der Waals surface area contributed by atoms with Crippen molar-refractivity contribution in [1.29, 1.82) is 0 Å². The molecule has 0 saturated heterocycles. The summed E-state index contributed by atoms with van der Waals surface area (Å²) in [6.07, 6.45) is 3.62. The van der Waals surface area contributed by atoms with E-state index < -0.39 is 11.0 Å². The van der Waals surface area contributed by atoms with Gasteiger partial charge in [-0.05, 0) is 43.3 Å². The molecule has 0 bridgehead atoms. The van der Waals surface area contributed by atoms with Crippen LogP contribution in [-0.2, 0) is 11.0 Å². The Bertz CT molecular complexity index is 805. The van der Waals surface area contributed by atoms with Crippen LogP contribution in [0.2, 0.25) is 0 Å². The van der Waals surface area contributed by atoms with Gasteiger partial charge in [-0.2, -0.15) is 4.40 Å². The highest BCUT2D eigenvalue weighted by Crippen LogP contribution is 2.12. The van der Waals surface area contributed by atoms with E-state index in [0.717, 1.165) is 16.9 Å². The van der Waals surface area contributed by atoms with Crippen LogP contribution in [0, 0.1) is 6.92 Å². The molecule has 0 aliphatic carbocycles. The van der Waals surface area contributed by atoms with E-state index in [1.165, 1.54) is 0 Å². The molecule has 1 heterocycles. The van der Waals surface area contributed by atoms with Gasteiger partial charge in [-0.1, -0.05) is 35.9 Å². The van der Waals surface area contributed by atoms with Gasteiger partial charge in [0.15, 0.2) is 11.0 Å². The molecule has 4 heteroatoms. The standard InChI is InChI=1S/C18H16N2OS/c1-15-9-11-18(12-10-15)22(21)19-14-17-8-5-13-20(17)16-6-3-2-4-7-16/h2-14H,1H3/b19-14+/t22-/m1/s1. The molecule has 1 atom stereocenters. The van der Waals surface area contributed by atoms with Crippen LogP contribution in [0.15, 0.2) is 82.2 Å².